The van der Waals surface area contributed by atoms with E-state index >= 15 is 0 Å². The number of nitrogens with one attached hydrogen (secondary N) is 1. The normalized spacial score (nSPS) is 10.5. The molecular formula is C16H14N2O3. The first-order valence-electron chi connectivity index (χ1n) is 6.64. The van der Waals surface area contributed by atoms with Gasteiger partial charge in [-0.1, -0.05) is 0 Å². The van der Waals surface area contributed by atoms with E-state index in [-0.39, 0.29) is 5.91 Å². The Morgan fingerprint density at radius 1 is 1.24 bits per heavy atom. The van der Waals surface area contributed by atoms with E-state index in [4.69, 9.17) is 9.15 Å². The molecule has 0 radical (unpaired) electrons. The lowest BCUT2D eigenvalue weighted by Crippen LogP contribution is -2.11. The molecule has 0 fully saturated rings. The molecule has 5 nitrogen and oxygen atoms in total. The molecule has 1 aromatic heterocycles. The smallest absolute Gasteiger partial charge is 0.255 e. The highest BCUT2D eigenvalue weighted by Crippen LogP contribution is 2.18. The third kappa shape index (κ3) is 2.86. The lowest BCUT2D eigenvalue weighted by molar-refractivity contribution is 0.102. The fourth-order valence-electron chi connectivity index (χ4n) is 2.00. The first-order valence-corrected chi connectivity index (χ1v) is 6.64. The van der Waals surface area contributed by atoms with Crippen LogP contribution >= 0.6 is 0 Å². The van der Waals surface area contributed by atoms with E-state index in [9.17, 15) is 4.79 Å². The third-order valence-corrected chi connectivity index (χ3v) is 3.02. The Bertz CT molecular complexity index is 763. The number of hydrogen-bond donors (Lipinski definition) is 1. The highest BCUT2D eigenvalue weighted by molar-refractivity contribution is 6.05. The van der Waals surface area contributed by atoms with Gasteiger partial charge in [-0.2, -0.15) is 0 Å². The largest absolute Gasteiger partial charge is 0.494 e. The summed E-state index contributed by atoms with van der Waals surface area (Å²) in [5, 5.41) is 2.83. The first kappa shape index (κ1) is 13.2. The molecule has 1 N–H and O–H groups in total. The van der Waals surface area contributed by atoms with Crippen LogP contribution in [-0.4, -0.2) is 17.5 Å². The summed E-state index contributed by atoms with van der Waals surface area (Å²) in [7, 11) is 0. The maximum absolute atomic E-state index is 12.2. The second-order valence-electron chi connectivity index (χ2n) is 4.45. The molecule has 0 aliphatic heterocycles. The molecule has 21 heavy (non-hydrogen) atoms. The number of carbonyl (C=O) groups is 1. The van der Waals surface area contributed by atoms with Gasteiger partial charge in [0.1, 0.15) is 11.3 Å². The topological polar surface area (TPSA) is 64.4 Å². The molecule has 106 valence electrons. The Labute approximate surface area is 121 Å². The van der Waals surface area contributed by atoms with Gasteiger partial charge in [-0.3, -0.25) is 4.79 Å². The Morgan fingerprint density at radius 2 is 2.05 bits per heavy atom. The summed E-state index contributed by atoms with van der Waals surface area (Å²) in [4.78, 5) is 16.2. The number of amides is 1. The number of hydrogen-bond acceptors (Lipinski definition) is 4. The zero-order valence-electron chi connectivity index (χ0n) is 11.5. The number of ether oxygens (including phenoxy) is 1. The summed E-state index contributed by atoms with van der Waals surface area (Å²) < 4.78 is 10.5. The van der Waals surface area contributed by atoms with E-state index in [1.54, 1.807) is 30.3 Å². The van der Waals surface area contributed by atoms with Gasteiger partial charge in [0, 0.05) is 11.3 Å². The summed E-state index contributed by atoms with van der Waals surface area (Å²) in [6, 6.07) is 12.4. The fourth-order valence-corrected chi connectivity index (χ4v) is 2.00. The van der Waals surface area contributed by atoms with Gasteiger partial charge in [0.2, 0.25) is 0 Å². The van der Waals surface area contributed by atoms with Crippen molar-refractivity contribution in [1.82, 2.24) is 4.98 Å². The minimum absolute atomic E-state index is 0.191. The predicted octanol–water partition coefficient (Wildman–Crippen LogP) is 3.48. The fraction of sp³-hybridized carbons (Fsp3) is 0.125. The number of fused-ring (bicyclic) bond motifs is 1. The molecule has 0 aliphatic carbocycles. The molecule has 0 bridgehead atoms. The van der Waals surface area contributed by atoms with Crippen LogP contribution in [0.15, 0.2) is 53.3 Å². The van der Waals surface area contributed by atoms with E-state index in [1.165, 1.54) is 6.39 Å². The molecule has 1 heterocycles. The molecule has 5 heteroatoms. The van der Waals surface area contributed by atoms with E-state index in [1.807, 2.05) is 19.1 Å². The summed E-state index contributed by atoms with van der Waals surface area (Å²) in [6.07, 6.45) is 1.36. The molecule has 0 saturated heterocycles. The molecule has 0 aliphatic rings. The molecule has 0 unspecified atom stereocenters. The van der Waals surface area contributed by atoms with E-state index in [2.05, 4.69) is 10.3 Å². The van der Waals surface area contributed by atoms with Crippen LogP contribution in [0.25, 0.3) is 11.1 Å². The number of carbonyl (C=O) groups excluding carboxylic acids is 1. The minimum atomic E-state index is -0.191. The molecule has 3 rings (SSSR count). The van der Waals surface area contributed by atoms with E-state index < -0.39 is 0 Å². The van der Waals surface area contributed by atoms with Gasteiger partial charge in [-0.05, 0) is 49.4 Å². The zero-order valence-corrected chi connectivity index (χ0v) is 11.5. The Balaban J connectivity index is 1.75. The summed E-state index contributed by atoms with van der Waals surface area (Å²) in [6.45, 7) is 2.54. The van der Waals surface area contributed by atoms with Crippen LogP contribution < -0.4 is 10.1 Å². The monoisotopic (exact) mass is 282 g/mol. The highest BCUT2D eigenvalue weighted by atomic mass is 16.5. The van der Waals surface area contributed by atoms with Gasteiger partial charge in [0.15, 0.2) is 12.0 Å². The lowest BCUT2D eigenvalue weighted by atomic mass is 10.2. The minimum Gasteiger partial charge on any atom is -0.494 e. The van der Waals surface area contributed by atoms with Crippen LogP contribution in [0.5, 0.6) is 5.75 Å². The van der Waals surface area contributed by atoms with Gasteiger partial charge in [-0.25, -0.2) is 4.98 Å². The average molecular weight is 282 g/mol. The Kier molecular flexibility index (Phi) is 3.55. The molecule has 0 spiro atoms. The van der Waals surface area contributed by atoms with Gasteiger partial charge >= 0.3 is 0 Å². The van der Waals surface area contributed by atoms with Crippen LogP contribution in [0, 0.1) is 0 Å². The predicted molar refractivity (Wildman–Crippen MR) is 79.6 cm³/mol. The Hall–Kier alpha value is -2.82. The standard InChI is InChI=1S/C16H14N2O3/c1-2-20-13-6-4-12(5-7-13)18-16(19)11-3-8-15-14(9-11)17-10-21-15/h3-10H,2H2,1H3,(H,18,19). The van der Waals surface area contributed by atoms with Gasteiger partial charge < -0.3 is 14.5 Å². The quantitative estimate of drug-likeness (QED) is 0.795. The van der Waals surface area contributed by atoms with Crippen molar-refractivity contribution in [3.8, 4) is 5.75 Å². The maximum atomic E-state index is 12.2. The second-order valence-corrected chi connectivity index (χ2v) is 4.45. The molecule has 0 atom stereocenters. The average Bonchev–Trinajstić information content (AvgIpc) is 2.97. The number of oxazole rings is 1. The van der Waals surface area contributed by atoms with Gasteiger partial charge in [0.05, 0.1) is 6.61 Å². The number of nitrogens with zero attached hydrogens (tertiary/aromatic N) is 1. The molecule has 3 aromatic rings. The summed E-state index contributed by atoms with van der Waals surface area (Å²) >= 11 is 0. The lowest BCUT2D eigenvalue weighted by Gasteiger charge is -2.07. The van der Waals surface area contributed by atoms with Crippen molar-refractivity contribution in [2.45, 2.75) is 6.92 Å². The van der Waals surface area contributed by atoms with Crippen molar-refractivity contribution in [2.24, 2.45) is 0 Å². The van der Waals surface area contributed by atoms with E-state index in [0.717, 1.165) is 5.75 Å². The summed E-state index contributed by atoms with van der Waals surface area (Å²) in [5.74, 6) is 0.587. The highest BCUT2D eigenvalue weighted by Gasteiger charge is 2.08. The van der Waals surface area contributed by atoms with Gasteiger partial charge in [-0.15, -0.1) is 0 Å². The van der Waals surface area contributed by atoms with Crippen LogP contribution in [0.1, 0.15) is 17.3 Å². The van der Waals surface area contributed by atoms with Crippen LogP contribution in [-0.2, 0) is 0 Å². The molecule has 1 amide bonds. The maximum Gasteiger partial charge on any atom is 0.255 e. The SMILES string of the molecule is CCOc1ccc(NC(=O)c2ccc3ocnc3c2)cc1. The van der Waals surface area contributed by atoms with Crippen LogP contribution in [0.2, 0.25) is 0 Å². The number of rotatable bonds is 4. The zero-order chi connectivity index (χ0) is 14.7. The second kappa shape index (κ2) is 5.66. The van der Waals surface area contributed by atoms with Crippen LogP contribution in [0.3, 0.4) is 0 Å². The van der Waals surface area contributed by atoms with Crippen molar-refractivity contribution in [3.05, 3.63) is 54.4 Å². The first-order chi connectivity index (χ1) is 10.3. The van der Waals surface area contributed by atoms with E-state index in [0.29, 0.717) is 29.0 Å². The van der Waals surface area contributed by atoms with Crippen molar-refractivity contribution < 1.29 is 13.9 Å². The number of anilines is 1. The molecular weight excluding hydrogens is 268 g/mol. The van der Waals surface area contributed by atoms with Crippen molar-refractivity contribution in [2.75, 3.05) is 11.9 Å². The van der Waals surface area contributed by atoms with Crippen LogP contribution in [0.4, 0.5) is 5.69 Å². The van der Waals surface area contributed by atoms with Crippen molar-refractivity contribution >= 4 is 22.7 Å². The van der Waals surface area contributed by atoms with Crippen molar-refractivity contribution in [1.29, 1.82) is 0 Å². The summed E-state index contributed by atoms with van der Waals surface area (Å²) in [5.41, 5.74) is 2.57. The van der Waals surface area contributed by atoms with Crippen molar-refractivity contribution in [3.63, 3.8) is 0 Å². The molecule has 2 aromatic carbocycles. The number of aromatic nitrogens is 1. The van der Waals surface area contributed by atoms with Gasteiger partial charge in [0.25, 0.3) is 5.91 Å². The number of benzene rings is 2. The Morgan fingerprint density at radius 3 is 2.81 bits per heavy atom. The third-order valence-electron chi connectivity index (χ3n) is 3.02. The molecule has 0 saturated carbocycles.